The average molecular weight is 295 g/mol. The molecule has 0 radical (unpaired) electrons. The van der Waals surface area contributed by atoms with E-state index in [1.165, 1.54) is 0 Å². The molecule has 0 aliphatic carbocycles. The molecular formula is C16H29N3O2. The summed E-state index contributed by atoms with van der Waals surface area (Å²) in [5.74, 6) is -0.367. The van der Waals surface area contributed by atoms with Gasteiger partial charge in [-0.15, -0.1) is 0 Å². The molecule has 0 saturated heterocycles. The Bertz CT molecular complexity index is 365. The van der Waals surface area contributed by atoms with Crippen molar-refractivity contribution in [1.82, 2.24) is 10.2 Å². The lowest BCUT2D eigenvalue weighted by Crippen LogP contribution is -2.38. The van der Waals surface area contributed by atoms with E-state index in [-0.39, 0.29) is 11.9 Å². The van der Waals surface area contributed by atoms with Gasteiger partial charge in [0.1, 0.15) is 0 Å². The van der Waals surface area contributed by atoms with Crippen LogP contribution in [0.3, 0.4) is 0 Å². The van der Waals surface area contributed by atoms with Gasteiger partial charge in [0.05, 0.1) is 25.5 Å². The first-order valence-corrected chi connectivity index (χ1v) is 7.56. The van der Waals surface area contributed by atoms with Crippen molar-refractivity contribution < 1.29 is 9.53 Å². The molecule has 0 aromatic carbocycles. The number of carbonyl (C=O) groups is 1. The first-order valence-electron chi connectivity index (χ1n) is 7.56. The van der Waals surface area contributed by atoms with Gasteiger partial charge < -0.3 is 15.0 Å². The number of ether oxygens (including phenoxy) is 1. The fraction of sp³-hybridized carbons (Fsp3) is 0.625. The lowest BCUT2D eigenvalue weighted by Gasteiger charge is -2.23. The molecule has 0 aliphatic heterocycles. The molecule has 0 aromatic rings. The third kappa shape index (κ3) is 9.02. The van der Waals surface area contributed by atoms with Crippen molar-refractivity contribution in [3.63, 3.8) is 0 Å². The predicted molar refractivity (Wildman–Crippen MR) is 88.1 cm³/mol. The molecule has 0 bridgehead atoms. The molecule has 1 unspecified atom stereocenters. The lowest BCUT2D eigenvalue weighted by atomic mass is 10.2. The molecule has 0 saturated carbocycles. The number of nitrogens with zero attached hydrogens (tertiary/aromatic N) is 2. The zero-order valence-electron chi connectivity index (χ0n) is 13.8. The summed E-state index contributed by atoms with van der Waals surface area (Å²) in [5.41, 5.74) is 0.954. The molecular weight excluding hydrogens is 266 g/mol. The summed E-state index contributed by atoms with van der Waals surface area (Å²) in [7, 11) is 0. The molecule has 0 heterocycles. The van der Waals surface area contributed by atoms with Crippen LogP contribution < -0.4 is 5.32 Å². The Labute approximate surface area is 128 Å². The Kier molecular flexibility index (Phi) is 11.2. The zero-order valence-corrected chi connectivity index (χ0v) is 13.8. The predicted octanol–water partition coefficient (Wildman–Crippen LogP) is 2.56. The minimum Gasteiger partial charge on any atom is -0.466 e. The van der Waals surface area contributed by atoms with Crippen molar-refractivity contribution in [3.8, 4) is 0 Å². The van der Waals surface area contributed by atoms with Crippen LogP contribution in [0.4, 0.5) is 0 Å². The summed E-state index contributed by atoms with van der Waals surface area (Å²) in [5, 5.41) is 3.24. The van der Waals surface area contributed by atoms with Crippen LogP contribution in [0.15, 0.2) is 29.4 Å². The zero-order chi connectivity index (χ0) is 16.1. The number of carbonyl (C=O) groups excluding carboxylic acids is 1. The van der Waals surface area contributed by atoms with Gasteiger partial charge in [0.2, 0.25) is 0 Å². The molecule has 0 amide bonds. The Morgan fingerprint density at radius 1 is 1.43 bits per heavy atom. The molecule has 0 aromatic heterocycles. The highest BCUT2D eigenvalue weighted by atomic mass is 16.5. The maximum Gasteiger partial charge on any atom is 0.310 e. The van der Waals surface area contributed by atoms with Crippen molar-refractivity contribution in [2.75, 3.05) is 26.4 Å². The topological polar surface area (TPSA) is 53.9 Å². The van der Waals surface area contributed by atoms with E-state index in [4.69, 9.17) is 4.74 Å². The largest absolute Gasteiger partial charge is 0.466 e. The average Bonchev–Trinajstić information content (AvgIpc) is 2.48. The first kappa shape index (κ1) is 19.4. The van der Waals surface area contributed by atoms with Gasteiger partial charge in [0, 0.05) is 12.2 Å². The summed E-state index contributed by atoms with van der Waals surface area (Å²) in [6.45, 7) is 13.9. The Balaban J connectivity index is 4.70. The smallest absolute Gasteiger partial charge is 0.310 e. The number of allylic oxidation sites excluding steroid dienone is 3. The second kappa shape index (κ2) is 12.1. The summed E-state index contributed by atoms with van der Waals surface area (Å²) in [6.07, 6.45) is 6.23. The van der Waals surface area contributed by atoms with Crippen molar-refractivity contribution in [1.29, 1.82) is 0 Å². The van der Waals surface area contributed by atoms with Crippen LogP contribution in [0.1, 0.15) is 34.1 Å². The normalized spacial score (nSPS) is 13.2. The molecule has 0 spiro atoms. The number of rotatable bonds is 11. The van der Waals surface area contributed by atoms with Gasteiger partial charge in [-0.25, -0.2) is 4.99 Å². The van der Waals surface area contributed by atoms with Crippen LogP contribution in [0.25, 0.3) is 0 Å². The third-order valence-corrected chi connectivity index (χ3v) is 2.82. The quantitative estimate of drug-likeness (QED) is 0.209. The molecule has 0 rings (SSSR count). The number of aliphatic imine (C=N–C) groups is 1. The van der Waals surface area contributed by atoms with E-state index in [9.17, 15) is 4.79 Å². The summed E-state index contributed by atoms with van der Waals surface area (Å²) in [4.78, 5) is 18.1. The van der Waals surface area contributed by atoms with Crippen LogP contribution >= 0.6 is 0 Å². The van der Waals surface area contributed by atoms with Crippen LogP contribution in [-0.2, 0) is 9.53 Å². The van der Waals surface area contributed by atoms with Crippen molar-refractivity contribution in [3.05, 3.63) is 24.4 Å². The molecule has 1 atom stereocenters. The third-order valence-electron chi connectivity index (χ3n) is 2.82. The van der Waals surface area contributed by atoms with E-state index in [1.807, 2.05) is 38.7 Å². The Morgan fingerprint density at radius 3 is 2.67 bits per heavy atom. The van der Waals surface area contributed by atoms with Gasteiger partial charge in [-0.3, -0.25) is 4.79 Å². The van der Waals surface area contributed by atoms with E-state index in [1.54, 1.807) is 12.4 Å². The number of nitrogens with one attached hydrogen (secondary N) is 1. The van der Waals surface area contributed by atoms with Gasteiger partial charge in [-0.2, -0.15) is 0 Å². The second-order valence-electron chi connectivity index (χ2n) is 4.68. The molecule has 120 valence electrons. The fourth-order valence-electron chi connectivity index (χ4n) is 1.66. The van der Waals surface area contributed by atoms with Gasteiger partial charge in [-0.1, -0.05) is 33.4 Å². The molecule has 5 nitrogen and oxygen atoms in total. The van der Waals surface area contributed by atoms with Crippen molar-refractivity contribution in [2.24, 2.45) is 10.9 Å². The van der Waals surface area contributed by atoms with E-state index in [0.29, 0.717) is 19.8 Å². The summed E-state index contributed by atoms with van der Waals surface area (Å²) in [6, 6.07) is 0. The van der Waals surface area contributed by atoms with E-state index >= 15 is 0 Å². The van der Waals surface area contributed by atoms with Crippen LogP contribution in [0, 0.1) is 5.92 Å². The highest BCUT2D eigenvalue weighted by Crippen LogP contribution is 2.04. The molecule has 5 heteroatoms. The van der Waals surface area contributed by atoms with Gasteiger partial charge in [-0.05, 0) is 26.0 Å². The maximum atomic E-state index is 11.7. The molecule has 0 aliphatic rings. The van der Waals surface area contributed by atoms with Gasteiger partial charge in [0.25, 0.3) is 0 Å². The minimum absolute atomic E-state index is 0.176. The van der Waals surface area contributed by atoms with E-state index in [0.717, 1.165) is 18.7 Å². The maximum absolute atomic E-state index is 11.7. The SMILES string of the molecule is C=C/C=C(CC)/N=C\N(CNCC)CC(C)C(=O)OCC. The monoisotopic (exact) mass is 295 g/mol. The fourth-order valence-corrected chi connectivity index (χ4v) is 1.66. The molecule has 0 fully saturated rings. The lowest BCUT2D eigenvalue weighted by molar-refractivity contribution is -0.147. The van der Waals surface area contributed by atoms with E-state index < -0.39 is 0 Å². The Morgan fingerprint density at radius 2 is 2.14 bits per heavy atom. The van der Waals surface area contributed by atoms with Crippen LogP contribution in [0.2, 0.25) is 0 Å². The van der Waals surface area contributed by atoms with Crippen molar-refractivity contribution >= 4 is 12.3 Å². The number of hydrogen-bond acceptors (Lipinski definition) is 4. The Hall–Kier alpha value is -1.62. The summed E-state index contributed by atoms with van der Waals surface area (Å²) < 4.78 is 5.04. The van der Waals surface area contributed by atoms with E-state index in [2.05, 4.69) is 16.9 Å². The minimum atomic E-state index is -0.191. The van der Waals surface area contributed by atoms with Crippen LogP contribution in [0.5, 0.6) is 0 Å². The highest BCUT2D eigenvalue weighted by molar-refractivity contribution is 5.72. The number of esters is 1. The summed E-state index contributed by atoms with van der Waals surface area (Å²) >= 11 is 0. The second-order valence-corrected chi connectivity index (χ2v) is 4.68. The highest BCUT2D eigenvalue weighted by Gasteiger charge is 2.16. The first-order chi connectivity index (χ1) is 10.1. The molecule has 21 heavy (non-hydrogen) atoms. The van der Waals surface area contributed by atoms with Gasteiger partial charge in [0.15, 0.2) is 0 Å². The van der Waals surface area contributed by atoms with Gasteiger partial charge >= 0.3 is 5.97 Å². The van der Waals surface area contributed by atoms with Crippen LogP contribution in [-0.4, -0.2) is 43.6 Å². The number of hydrogen-bond donors (Lipinski definition) is 1. The van der Waals surface area contributed by atoms with Crippen molar-refractivity contribution in [2.45, 2.75) is 34.1 Å². The molecule has 1 N–H and O–H groups in total. The standard InChI is InChI=1S/C16H29N3O2/c1-6-10-15(7-2)18-13-19(12-17-8-3)11-14(5)16(20)21-9-4/h6,10,13-14,17H,1,7-9,11-12H2,2-5H3/b15-10+,18-13-.